The zero-order chi connectivity index (χ0) is 17.1. The molecule has 0 fully saturated rings. The van der Waals surface area contributed by atoms with Crippen molar-refractivity contribution in [2.24, 2.45) is 0 Å². The molecule has 8 heteroatoms. The third-order valence-corrected chi connectivity index (χ3v) is 4.44. The molecule has 1 rings (SSSR count). The molecule has 0 bridgehead atoms. The summed E-state index contributed by atoms with van der Waals surface area (Å²) >= 11 is 0. The molecule has 0 aliphatic heterocycles. The van der Waals surface area contributed by atoms with Gasteiger partial charge in [-0.25, -0.2) is 13.7 Å². The van der Waals surface area contributed by atoms with Crippen molar-refractivity contribution in [3.8, 4) is 5.75 Å². The van der Waals surface area contributed by atoms with Crippen molar-refractivity contribution in [2.75, 3.05) is 7.11 Å². The fourth-order valence-electron chi connectivity index (χ4n) is 1.56. The van der Waals surface area contributed by atoms with Gasteiger partial charge in [0, 0.05) is 0 Å². The Bertz CT molecular complexity index is 555. The predicted molar refractivity (Wildman–Crippen MR) is 79.3 cm³/mol. The molecule has 1 aromatic rings. The maximum atomic E-state index is 14.0. The number of benzene rings is 1. The largest absolute Gasteiger partial charge is 0.497 e. The van der Waals surface area contributed by atoms with Gasteiger partial charge in [-0.15, -0.1) is 0 Å². The van der Waals surface area contributed by atoms with Crippen LogP contribution >= 0.6 is 0 Å². The Morgan fingerprint density at radius 1 is 1.27 bits per heavy atom. The van der Waals surface area contributed by atoms with Gasteiger partial charge in [0.05, 0.1) is 22.8 Å². The van der Waals surface area contributed by atoms with Crippen molar-refractivity contribution < 1.29 is 27.6 Å². The van der Waals surface area contributed by atoms with Crippen LogP contribution in [0.25, 0.3) is 0 Å². The fraction of sp³-hybridized carbons (Fsp3) is 0.500. The lowest BCUT2D eigenvalue weighted by molar-refractivity contribution is -0.168. The highest BCUT2D eigenvalue weighted by Gasteiger charge is 2.49. The number of rotatable bonds is 6. The second-order valence-electron chi connectivity index (χ2n) is 5.63. The topological polar surface area (TPSA) is 75.6 Å². The Kier molecular flexibility index (Phi) is 5.64. The van der Waals surface area contributed by atoms with Gasteiger partial charge in [0.1, 0.15) is 11.8 Å². The predicted octanol–water partition coefficient (Wildman–Crippen LogP) is 2.51. The molecule has 0 amide bonds. The van der Waals surface area contributed by atoms with Gasteiger partial charge in [-0.1, -0.05) is 12.1 Å². The van der Waals surface area contributed by atoms with Gasteiger partial charge in [-0.2, -0.15) is 8.78 Å². The Balaban J connectivity index is 3.21. The Labute approximate surface area is 130 Å². The molecule has 1 unspecified atom stereocenters. The molecule has 5 nitrogen and oxygen atoms in total. The summed E-state index contributed by atoms with van der Waals surface area (Å²) in [5.41, 5.74) is 0.00537. The highest BCUT2D eigenvalue weighted by atomic mass is 32.2. The lowest BCUT2D eigenvalue weighted by Gasteiger charge is -2.28. The Hall–Kier alpha value is -1.54. The minimum absolute atomic E-state index is 0.00537. The zero-order valence-corrected chi connectivity index (χ0v) is 13.5. The van der Waals surface area contributed by atoms with Gasteiger partial charge in [0.25, 0.3) is 0 Å². The number of ether oxygens (including phenoxy) is 1. The molecule has 0 aliphatic carbocycles. The molecule has 2 N–H and O–H groups in total. The van der Waals surface area contributed by atoms with Crippen LogP contribution in [0, 0.1) is 0 Å². The highest BCUT2D eigenvalue weighted by Crippen LogP contribution is 2.33. The van der Waals surface area contributed by atoms with Gasteiger partial charge < -0.3 is 9.84 Å². The lowest BCUT2D eigenvalue weighted by atomic mass is 10.0. The van der Waals surface area contributed by atoms with E-state index >= 15 is 0 Å². The van der Waals surface area contributed by atoms with E-state index in [1.807, 2.05) is 0 Å². The lowest BCUT2D eigenvalue weighted by Crippen LogP contribution is -2.47. The fourth-order valence-corrected chi connectivity index (χ4v) is 2.41. The van der Waals surface area contributed by atoms with E-state index in [0.29, 0.717) is 5.75 Å². The maximum Gasteiger partial charge on any atom is 0.376 e. The second-order valence-corrected chi connectivity index (χ2v) is 7.63. The first-order chi connectivity index (χ1) is 10.00. The van der Waals surface area contributed by atoms with Crippen molar-refractivity contribution >= 4 is 17.0 Å². The first-order valence-corrected chi connectivity index (χ1v) is 7.58. The molecule has 0 saturated carbocycles. The van der Waals surface area contributed by atoms with Gasteiger partial charge in [-0.05, 0) is 38.5 Å². The summed E-state index contributed by atoms with van der Waals surface area (Å²) in [6, 6.07) is 3.57. The van der Waals surface area contributed by atoms with Crippen LogP contribution in [0.5, 0.6) is 5.75 Å². The van der Waals surface area contributed by atoms with Crippen LogP contribution in [0.4, 0.5) is 8.78 Å². The monoisotopic (exact) mass is 335 g/mol. The Morgan fingerprint density at radius 3 is 2.14 bits per heavy atom. The highest BCUT2D eigenvalue weighted by molar-refractivity contribution is 7.84. The van der Waals surface area contributed by atoms with Crippen LogP contribution < -0.4 is 9.46 Å². The normalized spacial score (nSPS) is 15.2. The maximum absolute atomic E-state index is 14.0. The van der Waals surface area contributed by atoms with Gasteiger partial charge in [0.15, 0.2) is 0 Å². The molecule has 22 heavy (non-hydrogen) atoms. The van der Waals surface area contributed by atoms with Crippen LogP contribution in [-0.4, -0.2) is 33.1 Å². The number of carbonyl (C=O) groups is 1. The summed E-state index contributed by atoms with van der Waals surface area (Å²) in [5, 5.41) is 8.78. The number of hydrogen-bond donors (Lipinski definition) is 2. The third-order valence-electron chi connectivity index (χ3n) is 2.88. The molecule has 0 heterocycles. The summed E-state index contributed by atoms with van der Waals surface area (Å²) in [6.45, 7) is 4.79. The van der Waals surface area contributed by atoms with E-state index in [9.17, 15) is 17.8 Å². The summed E-state index contributed by atoms with van der Waals surface area (Å²) in [7, 11) is -0.441. The zero-order valence-electron chi connectivity index (χ0n) is 12.7. The third kappa shape index (κ3) is 4.23. The standard InChI is InChI=1S/C14H19F2NO4S/c1-13(2,3)22(20)17-11(14(15,16)12(18)19)9-5-7-10(21-4)8-6-9/h5-8,11,17H,1-4H3,(H,18,19)/t11-,22?/m0/s1. The minimum Gasteiger partial charge on any atom is -0.497 e. The molecule has 1 aromatic carbocycles. The van der Waals surface area contributed by atoms with E-state index in [0.717, 1.165) is 0 Å². The Morgan fingerprint density at radius 2 is 1.77 bits per heavy atom. The minimum atomic E-state index is -4.12. The van der Waals surface area contributed by atoms with Crippen LogP contribution in [0.2, 0.25) is 0 Å². The molecule has 0 saturated heterocycles. The molecular formula is C14H19F2NO4S. The van der Waals surface area contributed by atoms with Crippen molar-refractivity contribution in [1.29, 1.82) is 0 Å². The molecule has 124 valence electrons. The summed E-state index contributed by atoms with van der Waals surface area (Å²) in [4.78, 5) is 10.9. The average Bonchev–Trinajstić information content (AvgIpc) is 2.43. The van der Waals surface area contributed by atoms with E-state index in [1.54, 1.807) is 20.8 Å². The number of carboxylic acid groups (broad SMARTS) is 1. The van der Waals surface area contributed by atoms with Crippen molar-refractivity contribution in [3.05, 3.63) is 29.8 Å². The summed E-state index contributed by atoms with van der Waals surface area (Å²) in [5.74, 6) is -5.96. The van der Waals surface area contributed by atoms with Crippen LogP contribution in [0.15, 0.2) is 24.3 Å². The molecule has 2 atom stereocenters. The van der Waals surface area contributed by atoms with Crippen LogP contribution in [0.1, 0.15) is 32.4 Å². The van der Waals surface area contributed by atoms with E-state index in [-0.39, 0.29) is 5.56 Å². The number of alkyl halides is 2. The SMILES string of the molecule is COc1ccc([C@H](NS(=O)C(C)(C)C)C(F)(F)C(=O)O)cc1. The number of aliphatic carboxylic acids is 1. The van der Waals surface area contributed by atoms with E-state index in [1.165, 1.54) is 31.4 Å². The quantitative estimate of drug-likeness (QED) is 0.837. The number of nitrogens with one attached hydrogen (secondary N) is 1. The number of halogens is 2. The number of hydrogen-bond acceptors (Lipinski definition) is 3. The molecule has 0 spiro atoms. The van der Waals surface area contributed by atoms with Crippen molar-refractivity contribution in [3.63, 3.8) is 0 Å². The van der Waals surface area contributed by atoms with Crippen LogP contribution in [0.3, 0.4) is 0 Å². The smallest absolute Gasteiger partial charge is 0.376 e. The molecule has 0 aliphatic rings. The second kappa shape index (κ2) is 6.70. The molecule has 0 aromatic heterocycles. The van der Waals surface area contributed by atoms with Crippen molar-refractivity contribution in [2.45, 2.75) is 37.5 Å². The summed E-state index contributed by atoms with van der Waals surface area (Å²) < 4.78 is 46.4. The van der Waals surface area contributed by atoms with E-state index < -0.39 is 33.7 Å². The first kappa shape index (κ1) is 18.5. The first-order valence-electron chi connectivity index (χ1n) is 6.43. The average molecular weight is 335 g/mol. The number of carboxylic acids is 1. The summed E-state index contributed by atoms with van der Waals surface area (Å²) in [6.07, 6.45) is 0. The van der Waals surface area contributed by atoms with E-state index in [2.05, 4.69) is 4.72 Å². The van der Waals surface area contributed by atoms with Crippen LogP contribution in [-0.2, 0) is 15.8 Å². The molecule has 0 radical (unpaired) electrons. The number of methoxy groups -OCH3 is 1. The van der Waals surface area contributed by atoms with Crippen molar-refractivity contribution in [1.82, 2.24) is 4.72 Å². The molecular weight excluding hydrogens is 316 g/mol. The van der Waals surface area contributed by atoms with E-state index in [4.69, 9.17) is 9.84 Å². The van der Waals surface area contributed by atoms with Gasteiger partial charge in [-0.3, -0.25) is 0 Å². The van der Waals surface area contributed by atoms with Gasteiger partial charge >= 0.3 is 11.9 Å². The van der Waals surface area contributed by atoms with Gasteiger partial charge in [0.2, 0.25) is 0 Å².